The van der Waals surface area contributed by atoms with Gasteiger partial charge in [0.05, 0.1) is 24.0 Å². The van der Waals surface area contributed by atoms with Gasteiger partial charge < -0.3 is 14.8 Å². The van der Waals surface area contributed by atoms with Gasteiger partial charge in [-0.05, 0) is 37.1 Å². The number of anilines is 1. The Morgan fingerprint density at radius 2 is 1.69 bits per heavy atom. The molecule has 1 aliphatic rings. The fourth-order valence-electron chi connectivity index (χ4n) is 2.57. The lowest BCUT2D eigenvalue weighted by Gasteiger charge is -2.26. The zero-order chi connectivity index (χ0) is 19.1. The van der Waals surface area contributed by atoms with Crippen LogP contribution in [0.3, 0.4) is 0 Å². The topological polar surface area (TPSA) is 64.6 Å². The number of rotatable bonds is 6. The molecule has 0 radical (unpaired) electrons. The summed E-state index contributed by atoms with van der Waals surface area (Å²) in [4.78, 5) is 25.0. The van der Waals surface area contributed by atoms with Gasteiger partial charge >= 0.3 is 5.97 Å². The summed E-state index contributed by atoms with van der Waals surface area (Å²) in [6, 6.07) is 6.95. The number of hydrogen-bond acceptors (Lipinski definition) is 4. The van der Waals surface area contributed by atoms with Crippen LogP contribution in [0.25, 0.3) is 0 Å². The lowest BCUT2D eigenvalue weighted by Crippen LogP contribution is -2.36. The van der Waals surface area contributed by atoms with Gasteiger partial charge in [0, 0.05) is 5.69 Å². The van der Waals surface area contributed by atoms with Crippen molar-refractivity contribution in [3.05, 3.63) is 45.9 Å². The molecule has 0 heterocycles. The highest BCUT2D eigenvalue weighted by Crippen LogP contribution is 2.29. The molecular formula is C18H18Cl3NO4. The molecule has 0 unspecified atom stereocenters. The van der Waals surface area contributed by atoms with Gasteiger partial charge in [0.15, 0.2) is 0 Å². The Kier molecular flexibility index (Phi) is 7.82. The minimum absolute atomic E-state index is 0.0345. The van der Waals surface area contributed by atoms with E-state index < -0.39 is 17.8 Å². The summed E-state index contributed by atoms with van der Waals surface area (Å²) in [7, 11) is 1.57. The summed E-state index contributed by atoms with van der Waals surface area (Å²) in [5.41, 5.74) is 0.623. The highest BCUT2D eigenvalue weighted by Gasteiger charge is 2.35. The Morgan fingerprint density at radius 3 is 2.27 bits per heavy atom. The van der Waals surface area contributed by atoms with E-state index in [1.807, 2.05) is 12.2 Å². The van der Waals surface area contributed by atoms with Crippen LogP contribution in [0.2, 0.25) is 0 Å². The lowest BCUT2D eigenvalue weighted by atomic mass is 9.82. The zero-order valence-electron chi connectivity index (χ0n) is 14.0. The van der Waals surface area contributed by atoms with Crippen LogP contribution in [-0.2, 0) is 14.3 Å². The third-order valence-electron chi connectivity index (χ3n) is 3.98. The second-order valence-corrected chi connectivity index (χ2v) is 7.05. The molecule has 26 heavy (non-hydrogen) atoms. The van der Waals surface area contributed by atoms with Gasteiger partial charge in [-0.2, -0.15) is 0 Å². The molecule has 8 heteroatoms. The van der Waals surface area contributed by atoms with Crippen molar-refractivity contribution >= 4 is 52.4 Å². The summed E-state index contributed by atoms with van der Waals surface area (Å²) >= 11 is 16.8. The number of amides is 1. The van der Waals surface area contributed by atoms with E-state index in [2.05, 4.69) is 5.32 Å². The zero-order valence-corrected chi connectivity index (χ0v) is 16.3. The van der Waals surface area contributed by atoms with Crippen LogP contribution < -0.4 is 10.1 Å². The molecule has 2 atom stereocenters. The van der Waals surface area contributed by atoms with Crippen LogP contribution in [-0.4, -0.2) is 25.6 Å². The van der Waals surface area contributed by atoms with Gasteiger partial charge in [0.25, 0.3) is 0 Å². The Balaban J connectivity index is 2.02. The van der Waals surface area contributed by atoms with E-state index in [-0.39, 0.29) is 22.0 Å². The van der Waals surface area contributed by atoms with Gasteiger partial charge in [-0.1, -0.05) is 47.0 Å². The maximum atomic E-state index is 12.6. The van der Waals surface area contributed by atoms with Crippen molar-refractivity contribution in [2.75, 3.05) is 19.0 Å². The molecule has 0 fully saturated rings. The molecule has 0 spiro atoms. The van der Waals surface area contributed by atoms with Crippen LogP contribution in [0, 0.1) is 11.8 Å². The molecule has 1 amide bonds. The summed E-state index contributed by atoms with van der Waals surface area (Å²) in [6.45, 7) is -0.226. The maximum absolute atomic E-state index is 12.6. The highest BCUT2D eigenvalue weighted by molar-refractivity contribution is 6.59. The molecule has 0 bridgehead atoms. The number of benzene rings is 1. The van der Waals surface area contributed by atoms with Crippen LogP contribution >= 0.6 is 34.8 Å². The van der Waals surface area contributed by atoms with Gasteiger partial charge in [-0.25, -0.2) is 0 Å². The van der Waals surface area contributed by atoms with Gasteiger partial charge in [0.2, 0.25) is 5.91 Å². The average molecular weight is 419 g/mol. The third kappa shape index (κ3) is 5.66. The van der Waals surface area contributed by atoms with Crippen LogP contribution in [0.5, 0.6) is 5.75 Å². The number of halogens is 3. The molecule has 1 aliphatic carbocycles. The maximum Gasteiger partial charge on any atom is 0.310 e. The first-order chi connectivity index (χ1) is 12.4. The van der Waals surface area contributed by atoms with Crippen molar-refractivity contribution in [2.24, 2.45) is 11.8 Å². The predicted octanol–water partition coefficient (Wildman–Crippen LogP) is 4.64. The quantitative estimate of drug-likeness (QED) is 0.540. The Labute approximate surface area is 166 Å². The Bertz CT molecular complexity index is 712. The van der Waals surface area contributed by atoms with Crippen molar-refractivity contribution in [1.29, 1.82) is 0 Å². The largest absolute Gasteiger partial charge is 0.497 e. The lowest BCUT2D eigenvalue weighted by molar-refractivity contribution is -0.151. The molecule has 0 saturated heterocycles. The molecule has 1 aromatic carbocycles. The molecule has 0 aromatic heterocycles. The first kappa shape index (κ1) is 20.6. The fourth-order valence-corrected chi connectivity index (χ4v) is 2.73. The van der Waals surface area contributed by atoms with E-state index in [1.165, 1.54) is 0 Å². The summed E-state index contributed by atoms with van der Waals surface area (Å²) in [6.07, 6.45) is 4.59. The van der Waals surface area contributed by atoms with Crippen LogP contribution in [0.4, 0.5) is 5.69 Å². The van der Waals surface area contributed by atoms with E-state index in [1.54, 1.807) is 31.4 Å². The fraction of sp³-hybridized carbons (Fsp3) is 0.333. The van der Waals surface area contributed by atoms with Gasteiger partial charge in [0.1, 0.15) is 16.8 Å². The first-order valence-corrected chi connectivity index (χ1v) is 9.02. The van der Waals surface area contributed by atoms with Crippen molar-refractivity contribution in [1.82, 2.24) is 0 Å². The summed E-state index contributed by atoms with van der Waals surface area (Å²) in [5.74, 6) is -1.22. The van der Waals surface area contributed by atoms with E-state index in [0.29, 0.717) is 24.3 Å². The van der Waals surface area contributed by atoms with Crippen molar-refractivity contribution in [2.45, 2.75) is 12.8 Å². The minimum Gasteiger partial charge on any atom is -0.497 e. The Hall–Kier alpha value is -1.69. The monoisotopic (exact) mass is 417 g/mol. The Morgan fingerprint density at radius 1 is 1.08 bits per heavy atom. The molecular weight excluding hydrogens is 401 g/mol. The number of carbonyl (C=O) groups is 2. The average Bonchev–Trinajstić information content (AvgIpc) is 2.66. The number of esters is 1. The number of hydrogen-bond donors (Lipinski definition) is 1. The molecule has 5 nitrogen and oxygen atoms in total. The standard InChI is InChI=1S/C18H18Cl3NO4/c1-25-12-8-6-11(7-9-12)22-17(23)13-4-2-3-5-14(13)18(24)26-10-15(19)16(20)21/h2-3,6-9,13-14H,4-5,10H2,1H3,(H,22,23)/t13-,14-/m0/s1. The summed E-state index contributed by atoms with van der Waals surface area (Å²) < 4.78 is 10.1. The molecule has 2 rings (SSSR count). The molecule has 140 valence electrons. The number of allylic oxidation sites excluding steroid dienone is 2. The van der Waals surface area contributed by atoms with E-state index >= 15 is 0 Å². The van der Waals surface area contributed by atoms with E-state index in [0.717, 1.165) is 0 Å². The van der Waals surface area contributed by atoms with E-state index in [9.17, 15) is 9.59 Å². The normalized spacial score (nSPS) is 18.8. The smallest absolute Gasteiger partial charge is 0.310 e. The second-order valence-electron chi connectivity index (χ2n) is 5.65. The summed E-state index contributed by atoms with van der Waals surface area (Å²) in [5, 5.41) is 2.85. The van der Waals surface area contributed by atoms with Crippen molar-refractivity contribution in [3.63, 3.8) is 0 Å². The SMILES string of the molecule is COc1ccc(NC(=O)[C@H]2CC=CC[C@@H]2C(=O)OCC(Cl)=C(Cl)Cl)cc1. The van der Waals surface area contributed by atoms with Crippen LogP contribution in [0.15, 0.2) is 45.9 Å². The second kappa shape index (κ2) is 9.86. The molecule has 1 aromatic rings. The van der Waals surface area contributed by atoms with Crippen molar-refractivity contribution in [3.8, 4) is 5.75 Å². The van der Waals surface area contributed by atoms with Gasteiger partial charge in [-0.3, -0.25) is 9.59 Å². The number of nitrogens with one attached hydrogen (secondary N) is 1. The minimum atomic E-state index is -0.600. The highest BCUT2D eigenvalue weighted by atomic mass is 35.5. The first-order valence-electron chi connectivity index (χ1n) is 7.88. The number of methoxy groups -OCH3 is 1. The molecule has 0 saturated carbocycles. The van der Waals surface area contributed by atoms with Crippen molar-refractivity contribution < 1.29 is 19.1 Å². The molecule has 1 N–H and O–H groups in total. The van der Waals surface area contributed by atoms with Crippen LogP contribution in [0.1, 0.15) is 12.8 Å². The third-order valence-corrected chi connectivity index (χ3v) is 4.92. The number of ether oxygens (including phenoxy) is 2. The molecule has 0 aliphatic heterocycles. The number of carbonyl (C=O) groups excluding carboxylic acids is 2. The van der Waals surface area contributed by atoms with Gasteiger partial charge in [-0.15, -0.1) is 0 Å². The van der Waals surface area contributed by atoms with E-state index in [4.69, 9.17) is 44.3 Å². The predicted molar refractivity (Wildman–Crippen MR) is 103 cm³/mol.